The maximum absolute atomic E-state index is 13.8. The number of rotatable bonds is 5. The molecule has 23 heavy (non-hydrogen) atoms. The van der Waals surface area contributed by atoms with Crippen LogP contribution in [0.3, 0.4) is 0 Å². The summed E-state index contributed by atoms with van der Waals surface area (Å²) in [4.78, 5) is 17.1. The molecule has 1 aromatic heterocycles. The molecule has 1 saturated heterocycles. The Balaban J connectivity index is 1.57. The number of benzene rings is 1. The quantitative estimate of drug-likeness (QED) is 0.888. The van der Waals surface area contributed by atoms with Crippen molar-refractivity contribution < 1.29 is 9.18 Å². The maximum Gasteiger partial charge on any atom is 0.267 e. The van der Waals surface area contributed by atoms with E-state index in [4.69, 9.17) is 5.73 Å². The van der Waals surface area contributed by atoms with Crippen LogP contribution >= 0.6 is 0 Å². The highest BCUT2D eigenvalue weighted by Crippen LogP contribution is 2.26. The van der Waals surface area contributed by atoms with Crippen molar-refractivity contribution in [2.75, 3.05) is 29.9 Å². The molecule has 0 bridgehead atoms. The highest BCUT2D eigenvalue weighted by atomic mass is 19.1. The smallest absolute Gasteiger partial charge is 0.267 e. The van der Waals surface area contributed by atoms with Gasteiger partial charge in [-0.2, -0.15) is 0 Å². The summed E-state index contributed by atoms with van der Waals surface area (Å²) in [6.45, 7) is 2.41. The molecular weight excluding hydrogens is 295 g/mol. The van der Waals surface area contributed by atoms with Gasteiger partial charge in [0, 0.05) is 31.5 Å². The summed E-state index contributed by atoms with van der Waals surface area (Å²) in [6, 6.07) is 10.3. The molecule has 0 spiro atoms. The lowest BCUT2D eigenvalue weighted by molar-refractivity contribution is 0.0995. The largest absolute Gasteiger partial charge is 0.385 e. The van der Waals surface area contributed by atoms with Gasteiger partial charge in [-0.05, 0) is 36.6 Å². The van der Waals surface area contributed by atoms with Gasteiger partial charge in [-0.25, -0.2) is 4.39 Å². The minimum atomic E-state index is -0.541. The third kappa shape index (κ3) is 3.59. The molecule has 120 valence electrons. The average molecular weight is 314 g/mol. The Morgan fingerprint density at radius 3 is 3.00 bits per heavy atom. The Labute approximate surface area is 134 Å². The normalized spacial score (nSPS) is 17.3. The first kappa shape index (κ1) is 15.3. The Morgan fingerprint density at radius 1 is 1.39 bits per heavy atom. The average Bonchev–Trinajstić information content (AvgIpc) is 3.02. The number of carbonyl (C=O) groups excluding carboxylic acids is 1. The van der Waals surface area contributed by atoms with Crippen molar-refractivity contribution in [1.82, 2.24) is 4.98 Å². The molecule has 1 aliphatic rings. The number of aromatic nitrogens is 1. The fourth-order valence-electron chi connectivity index (χ4n) is 2.86. The zero-order valence-corrected chi connectivity index (χ0v) is 12.7. The predicted molar refractivity (Wildman–Crippen MR) is 88.0 cm³/mol. The standard InChI is InChI=1S/C17H19FN4O/c18-14-3-1-2-4-16(14)22-8-6-12(11-22)10-21-13-5-7-20-15(9-13)17(19)23/h1-5,7,9,12H,6,8,10-11H2,(H2,19,23)(H,20,21). The summed E-state index contributed by atoms with van der Waals surface area (Å²) in [7, 11) is 0. The molecule has 0 aliphatic carbocycles. The number of nitrogens with one attached hydrogen (secondary N) is 1. The summed E-state index contributed by atoms with van der Waals surface area (Å²) in [5.74, 6) is -0.304. The van der Waals surface area contributed by atoms with Crippen molar-refractivity contribution in [3.8, 4) is 0 Å². The summed E-state index contributed by atoms with van der Waals surface area (Å²) < 4.78 is 13.8. The van der Waals surface area contributed by atoms with Crippen LogP contribution in [0.25, 0.3) is 0 Å². The Kier molecular flexibility index (Phi) is 4.41. The first-order valence-corrected chi connectivity index (χ1v) is 7.62. The number of primary amides is 1. The van der Waals surface area contributed by atoms with Crippen LogP contribution in [0.5, 0.6) is 0 Å². The molecule has 2 heterocycles. The van der Waals surface area contributed by atoms with E-state index in [1.165, 1.54) is 6.07 Å². The molecular formula is C17H19FN4O. The zero-order valence-electron chi connectivity index (χ0n) is 12.7. The second-order valence-electron chi connectivity index (χ2n) is 5.73. The first-order chi connectivity index (χ1) is 11.1. The molecule has 3 rings (SSSR count). The molecule has 3 N–H and O–H groups in total. The van der Waals surface area contributed by atoms with Gasteiger partial charge in [-0.15, -0.1) is 0 Å². The highest BCUT2D eigenvalue weighted by Gasteiger charge is 2.24. The molecule has 1 aliphatic heterocycles. The van der Waals surface area contributed by atoms with Crippen LogP contribution in [0.1, 0.15) is 16.9 Å². The van der Waals surface area contributed by atoms with Gasteiger partial charge in [0.15, 0.2) is 0 Å². The van der Waals surface area contributed by atoms with Gasteiger partial charge < -0.3 is 16.0 Å². The predicted octanol–water partition coefficient (Wildman–Crippen LogP) is 2.26. The summed E-state index contributed by atoms with van der Waals surface area (Å²) in [5, 5.41) is 3.30. The van der Waals surface area contributed by atoms with E-state index in [0.717, 1.165) is 31.7 Å². The van der Waals surface area contributed by atoms with Gasteiger partial charge in [-0.3, -0.25) is 9.78 Å². The summed E-state index contributed by atoms with van der Waals surface area (Å²) >= 11 is 0. The first-order valence-electron chi connectivity index (χ1n) is 7.62. The van der Waals surface area contributed by atoms with Crippen LogP contribution in [-0.2, 0) is 0 Å². The number of nitrogens with two attached hydrogens (primary N) is 1. The molecule has 1 unspecified atom stereocenters. The van der Waals surface area contributed by atoms with E-state index in [2.05, 4.69) is 15.2 Å². The molecule has 1 amide bonds. The minimum Gasteiger partial charge on any atom is -0.385 e. The van der Waals surface area contributed by atoms with Gasteiger partial charge >= 0.3 is 0 Å². The van der Waals surface area contributed by atoms with Crippen molar-refractivity contribution in [2.24, 2.45) is 11.7 Å². The number of halogens is 1. The van der Waals surface area contributed by atoms with E-state index in [9.17, 15) is 9.18 Å². The monoisotopic (exact) mass is 314 g/mol. The minimum absolute atomic E-state index is 0.179. The van der Waals surface area contributed by atoms with Gasteiger partial charge in [0.25, 0.3) is 5.91 Å². The fraction of sp³-hybridized carbons (Fsp3) is 0.294. The molecule has 1 fully saturated rings. The van der Waals surface area contributed by atoms with E-state index in [-0.39, 0.29) is 11.5 Å². The summed E-state index contributed by atoms with van der Waals surface area (Å²) in [6.07, 6.45) is 2.55. The number of hydrogen-bond donors (Lipinski definition) is 2. The number of pyridine rings is 1. The lowest BCUT2D eigenvalue weighted by atomic mass is 10.1. The Bertz CT molecular complexity index is 706. The molecule has 0 saturated carbocycles. The van der Waals surface area contributed by atoms with Gasteiger partial charge in [0.1, 0.15) is 11.5 Å². The van der Waals surface area contributed by atoms with Gasteiger partial charge in [0.05, 0.1) is 5.69 Å². The van der Waals surface area contributed by atoms with Crippen molar-refractivity contribution in [3.05, 3.63) is 54.1 Å². The van der Waals surface area contributed by atoms with Gasteiger partial charge in [0.2, 0.25) is 0 Å². The third-order valence-electron chi connectivity index (χ3n) is 4.09. The maximum atomic E-state index is 13.8. The molecule has 2 aromatic rings. The highest BCUT2D eigenvalue weighted by molar-refractivity contribution is 5.91. The van der Waals surface area contributed by atoms with Gasteiger partial charge in [-0.1, -0.05) is 12.1 Å². The SMILES string of the molecule is NC(=O)c1cc(NCC2CCN(c3ccccc3F)C2)ccn1. The van der Waals surface area contributed by atoms with E-state index in [1.54, 1.807) is 24.4 Å². The number of para-hydroxylation sites is 1. The van der Waals surface area contributed by atoms with Crippen LogP contribution in [-0.4, -0.2) is 30.5 Å². The van der Waals surface area contributed by atoms with Crippen molar-refractivity contribution in [1.29, 1.82) is 0 Å². The summed E-state index contributed by atoms with van der Waals surface area (Å²) in [5.41, 5.74) is 6.95. The fourth-order valence-corrected chi connectivity index (χ4v) is 2.86. The lowest BCUT2D eigenvalue weighted by Gasteiger charge is -2.19. The van der Waals surface area contributed by atoms with E-state index >= 15 is 0 Å². The zero-order chi connectivity index (χ0) is 16.2. The van der Waals surface area contributed by atoms with E-state index in [1.807, 2.05) is 12.1 Å². The molecule has 1 aromatic carbocycles. The number of carbonyl (C=O) groups is 1. The Hall–Kier alpha value is -2.63. The number of anilines is 2. The van der Waals surface area contributed by atoms with Crippen molar-refractivity contribution >= 4 is 17.3 Å². The number of nitrogens with zero attached hydrogens (tertiary/aromatic N) is 2. The topological polar surface area (TPSA) is 71.2 Å². The van der Waals surface area contributed by atoms with E-state index in [0.29, 0.717) is 11.6 Å². The third-order valence-corrected chi connectivity index (χ3v) is 4.09. The number of amides is 1. The second kappa shape index (κ2) is 6.64. The molecule has 6 heteroatoms. The van der Waals surface area contributed by atoms with Crippen LogP contribution in [0, 0.1) is 11.7 Å². The van der Waals surface area contributed by atoms with Crippen molar-refractivity contribution in [3.63, 3.8) is 0 Å². The van der Waals surface area contributed by atoms with Crippen molar-refractivity contribution in [2.45, 2.75) is 6.42 Å². The molecule has 1 atom stereocenters. The molecule has 0 radical (unpaired) electrons. The number of hydrogen-bond acceptors (Lipinski definition) is 4. The van der Waals surface area contributed by atoms with Crippen LogP contribution in [0.2, 0.25) is 0 Å². The second-order valence-corrected chi connectivity index (χ2v) is 5.73. The van der Waals surface area contributed by atoms with Crippen LogP contribution in [0.4, 0.5) is 15.8 Å². The van der Waals surface area contributed by atoms with E-state index < -0.39 is 5.91 Å². The van der Waals surface area contributed by atoms with Crippen LogP contribution < -0.4 is 16.0 Å². The molecule has 5 nitrogen and oxygen atoms in total. The Morgan fingerprint density at radius 2 is 2.22 bits per heavy atom. The van der Waals surface area contributed by atoms with Crippen LogP contribution in [0.15, 0.2) is 42.6 Å². The lowest BCUT2D eigenvalue weighted by Crippen LogP contribution is -2.23.